The van der Waals surface area contributed by atoms with Crippen LogP contribution in [0.25, 0.3) is 0 Å². The van der Waals surface area contributed by atoms with E-state index in [2.05, 4.69) is 20.6 Å². The predicted octanol–water partition coefficient (Wildman–Crippen LogP) is 4.09. The number of amides is 1. The lowest BCUT2D eigenvalue weighted by Crippen LogP contribution is -2.34. The molecule has 26 heavy (non-hydrogen) atoms. The van der Waals surface area contributed by atoms with Gasteiger partial charge in [-0.1, -0.05) is 25.7 Å². The van der Waals surface area contributed by atoms with Gasteiger partial charge in [0, 0.05) is 18.4 Å². The first-order chi connectivity index (χ1) is 12.5. The third kappa shape index (κ3) is 4.30. The lowest BCUT2D eigenvalue weighted by atomic mass is 10.1. The molecule has 0 unspecified atom stereocenters. The lowest BCUT2D eigenvalue weighted by molar-refractivity contribution is 0.0932. The fourth-order valence-electron chi connectivity index (χ4n) is 2.95. The molecule has 1 amide bonds. The summed E-state index contributed by atoms with van der Waals surface area (Å²) in [5, 5.41) is 5.44. The molecule has 8 heteroatoms. The first-order valence-corrected chi connectivity index (χ1v) is 8.58. The summed E-state index contributed by atoms with van der Waals surface area (Å²) in [4.78, 5) is 20.1. The summed E-state index contributed by atoms with van der Waals surface area (Å²) in [5.41, 5.74) is -0.00915. The van der Waals surface area contributed by atoms with Gasteiger partial charge in [0.15, 0.2) is 17.5 Å². The molecule has 0 spiro atoms. The van der Waals surface area contributed by atoms with Crippen molar-refractivity contribution < 1.29 is 18.0 Å². The van der Waals surface area contributed by atoms with Crippen LogP contribution < -0.4 is 10.6 Å². The second-order valence-corrected chi connectivity index (χ2v) is 6.31. The van der Waals surface area contributed by atoms with Crippen LogP contribution in [-0.4, -0.2) is 21.9 Å². The molecule has 2 aromatic rings. The highest BCUT2D eigenvalue weighted by molar-refractivity contribution is 5.93. The lowest BCUT2D eigenvalue weighted by Gasteiger charge is -2.16. The average Bonchev–Trinajstić information content (AvgIpc) is 2.91. The Morgan fingerprint density at radius 3 is 2.27 bits per heavy atom. The van der Waals surface area contributed by atoms with E-state index in [1.165, 1.54) is 25.2 Å². The van der Waals surface area contributed by atoms with Gasteiger partial charge in [-0.15, -0.1) is 0 Å². The molecule has 0 bridgehead atoms. The van der Waals surface area contributed by atoms with Crippen molar-refractivity contribution in [2.75, 3.05) is 5.32 Å². The number of halogens is 3. The Balaban J connectivity index is 1.64. The molecule has 1 aliphatic rings. The van der Waals surface area contributed by atoms with Crippen LogP contribution in [-0.2, 0) is 0 Å². The van der Waals surface area contributed by atoms with Gasteiger partial charge in [0.1, 0.15) is 0 Å². The molecule has 1 aromatic heterocycles. The number of hydrogen-bond acceptors (Lipinski definition) is 4. The molecule has 1 saturated carbocycles. The first-order valence-electron chi connectivity index (χ1n) is 8.58. The first kappa shape index (κ1) is 18.2. The summed E-state index contributed by atoms with van der Waals surface area (Å²) in [7, 11) is 0. The van der Waals surface area contributed by atoms with Crippen molar-refractivity contribution in [3.8, 4) is 0 Å². The van der Waals surface area contributed by atoms with Crippen molar-refractivity contribution in [2.45, 2.75) is 44.6 Å². The van der Waals surface area contributed by atoms with E-state index in [-0.39, 0.29) is 29.1 Å². The maximum atomic E-state index is 13.7. The van der Waals surface area contributed by atoms with Crippen LogP contribution in [0.1, 0.15) is 48.9 Å². The fraction of sp³-hybridized carbons (Fsp3) is 0.389. The summed E-state index contributed by atoms with van der Waals surface area (Å²) < 4.78 is 39.8. The molecule has 1 aliphatic carbocycles. The van der Waals surface area contributed by atoms with E-state index >= 15 is 0 Å². The molecule has 1 aromatic carbocycles. The Bertz CT molecular complexity index is 775. The fourth-order valence-corrected chi connectivity index (χ4v) is 2.95. The predicted molar refractivity (Wildman–Crippen MR) is 90.6 cm³/mol. The average molecular weight is 364 g/mol. The summed E-state index contributed by atoms with van der Waals surface area (Å²) in [6.45, 7) is 0. The van der Waals surface area contributed by atoms with Crippen molar-refractivity contribution in [1.29, 1.82) is 0 Å². The van der Waals surface area contributed by atoms with Crippen LogP contribution in [0.3, 0.4) is 0 Å². The Kier molecular flexibility index (Phi) is 5.70. The quantitative estimate of drug-likeness (QED) is 0.633. The molecule has 0 radical (unpaired) electrons. The zero-order valence-corrected chi connectivity index (χ0v) is 14.1. The Morgan fingerprint density at radius 2 is 1.62 bits per heavy atom. The molecule has 138 valence electrons. The van der Waals surface area contributed by atoms with E-state index in [4.69, 9.17) is 0 Å². The highest BCUT2D eigenvalue weighted by Gasteiger charge is 2.17. The zero-order valence-electron chi connectivity index (χ0n) is 14.1. The maximum Gasteiger partial charge on any atom is 0.254 e. The number of hydrogen-bond donors (Lipinski definition) is 2. The minimum Gasteiger partial charge on any atom is -0.349 e. The number of benzene rings is 1. The summed E-state index contributed by atoms with van der Waals surface area (Å²) in [5.74, 6) is -4.50. The van der Waals surface area contributed by atoms with E-state index in [0.717, 1.165) is 37.8 Å². The number of rotatable bonds is 4. The third-order valence-electron chi connectivity index (χ3n) is 4.39. The van der Waals surface area contributed by atoms with Crippen molar-refractivity contribution in [3.63, 3.8) is 0 Å². The zero-order chi connectivity index (χ0) is 18.5. The van der Waals surface area contributed by atoms with Crippen LogP contribution in [0.4, 0.5) is 24.8 Å². The number of anilines is 2. The van der Waals surface area contributed by atoms with Gasteiger partial charge >= 0.3 is 0 Å². The summed E-state index contributed by atoms with van der Waals surface area (Å²) in [6, 6.07) is 2.00. The van der Waals surface area contributed by atoms with Crippen molar-refractivity contribution >= 4 is 17.5 Å². The van der Waals surface area contributed by atoms with E-state index in [0.29, 0.717) is 0 Å². The van der Waals surface area contributed by atoms with Crippen LogP contribution in [0.5, 0.6) is 0 Å². The second-order valence-electron chi connectivity index (χ2n) is 6.31. The molecule has 5 nitrogen and oxygen atoms in total. The van der Waals surface area contributed by atoms with Crippen LogP contribution in [0, 0.1) is 17.5 Å². The van der Waals surface area contributed by atoms with Crippen LogP contribution >= 0.6 is 0 Å². The smallest absolute Gasteiger partial charge is 0.254 e. The monoisotopic (exact) mass is 364 g/mol. The van der Waals surface area contributed by atoms with E-state index in [9.17, 15) is 18.0 Å². The summed E-state index contributed by atoms with van der Waals surface area (Å²) >= 11 is 0. The highest BCUT2D eigenvalue weighted by atomic mass is 19.2. The topological polar surface area (TPSA) is 66.9 Å². The van der Waals surface area contributed by atoms with E-state index in [1.54, 1.807) is 0 Å². The number of carbonyl (C=O) groups is 1. The number of nitrogens with zero attached hydrogens (tertiary/aromatic N) is 2. The minimum absolute atomic E-state index is 0.0269. The Labute approximate surface area is 149 Å². The maximum absolute atomic E-state index is 13.7. The van der Waals surface area contributed by atoms with Gasteiger partial charge < -0.3 is 10.6 Å². The van der Waals surface area contributed by atoms with Gasteiger partial charge in [-0.2, -0.15) is 0 Å². The Morgan fingerprint density at radius 1 is 0.962 bits per heavy atom. The molecule has 1 fully saturated rings. The molecular weight excluding hydrogens is 345 g/mol. The normalized spacial score (nSPS) is 15.3. The summed E-state index contributed by atoms with van der Waals surface area (Å²) in [6.07, 6.45) is 9.11. The van der Waals surface area contributed by atoms with Crippen LogP contribution in [0.2, 0.25) is 0 Å². The van der Waals surface area contributed by atoms with Crippen molar-refractivity contribution in [3.05, 3.63) is 47.5 Å². The van der Waals surface area contributed by atoms with Crippen molar-refractivity contribution in [1.82, 2.24) is 15.3 Å². The van der Waals surface area contributed by atoms with Gasteiger partial charge in [-0.25, -0.2) is 23.1 Å². The molecule has 1 heterocycles. The highest BCUT2D eigenvalue weighted by Crippen LogP contribution is 2.22. The standard InChI is InChI=1S/C18H19F3N4O/c19-13-7-8-14(16(21)15(13)20)25-18-22-9-11(10-23-18)17(26)24-12-5-3-1-2-4-6-12/h7-10,12H,1-6H2,(H,24,26)(H,22,23,25). The van der Waals surface area contributed by atoms with E-state index in [1.807, 2.05) is 0 Å². The number of nitrogens with one attached hydrogen (secondary N) is 2. The van der Waals surface area contributed by atoms with Gasteiger partial charge in [-0.3, -0.25) is 4.79 Å². The molecule has 0 aliphatic heterocycles. The number of carbonyl (C=O) groups excluding carboxylic acids is 1. The van der Waals surface area contributed by atoms with Gasteiger partial charge in [0.2, 0.25) is 5.95 Å². The van der Waals surface area contributed by atoms with Crippen molar-refractivity contribution in [2.24, 2.45) is 0 Å². The molecule has 0 atom stereocenters. The molecular formula is C18H19F3N4O. The molecule has 2 N–H and O–H groups in total. The second kappa shape index (κ2) is 8.16. The minimum atomic E-state index is -1.57. The van der Waals surface area contributed by atoms with E-state index < -0.39 is 17.5 Å². The van der Waals surface area contributed by atoms with Gasteiger partial charge in [0.05, 0.1) is 11.3 Å². The number of aromatic nitrogens is 2. The van der Waals surface area contributed by atoms with Gasteiger partial charge in [0.25, 0.3) is 5.91 Å². The molecule has 0 saturated heterocycles. The van der Waals surface area contributed by atoms with Crippen LogP contribution in [0.15, 0.2) is 24.5 Å². The SMILES string of the molecule is O=C(NC1CCCCCC1)c1cnc(Nc2ccc(F)c(F)c2F)nc1. The third-order valence-corrected chi connectivity index (χ3v) is 4.39. The largest absolute Gasteiger partial charge is 0.349 e. The Hall–Kier alpha value is -2.64. The molecule has 3 rings (SSSR count). The van der Waals surface area contributed by atoms with Gasteiger partial charge in [-0.05, 0) is 25.0 Å².